The Hall–Kier alpha value is -8.01. The number of aliphatic carboxylic acids is 2. The summed E-state index contributed by atoms with van der Waals surface area (Å²) in [5, 5.41) is 57.8. The maximum atomic E-state index is 13.7. The maximum Gasteiger partial charge on any atom is 0.326 e. The molecule has 0 aliphatic rings. The van der Waals surface area contributed by atoms with E-state index in [4.69, 9.17) is 17.2 Å². The summed E-state index contributed by atoms with van der Waals surface area (Å²) in [6.07, 6.45) is 0.700. The van der Waals surface area contributed by atoms with E-state index < -0.39 is 153 Å². The number of para-hydroxylation sites is 1. The molecule has 0 saturated carbocycles. The van der Waals surface area contributed by atoms with Crippen molar-refractivity contribution in [1.29, 1.82) is 0 Å². The number of benzene rings is 2. The number of carboxylic acids is 2. The summed E-state index contributed by atoms with van der Waals surface area (Å²) in [7, 11) is 0. The van der Waals surface area contributed by atoms with E-state index in [2.05, 4.69) is 47.5 Å². The van der Waals surface area contributed by atoms with E-state index in [1.807, 2.05) is 0 Å². The fourth-order valence-corrected chi connectivity index (χ4v) is 6.92. The molecule has 3 rings (SSSR count). The average molecular weight is 1010 g/mol. The second-order valence-corrected chi connectivity index (χ2v) is 16.4. The quantitative estimate of drug-likeness (QED) is 0.0259. The highest BCUT2D eigenvalue weighted by molar-refractivity contribution is 5.98. The summed E-state index contributed by atoms with van der Waals surface area (Å²) in [6, 6.07) is 4.22. The third-order valence-corrected chi connectivity index (χ3v) is 10.8. The third kappa shape index (κ3) is 19.8. The van der Waals surface area contributed by atoms with E-state index in [0.29, 0.717) is 47.8 Å². The molecule has 7 atom stereocenters. The van der Waals surface area contributed by atoms with Crippen LogP contribution in [0.1, 0.15) is 49.7 Å². The molecular formula is C45H62N12O15. The number of aromatic amines is 1. The largest absolute Gasteiger partial charge is 0.481 e. The molecule has 0 spiro atoms. The first-order chi connectivity index (χ1) is 34.3. The lowest BCUT2D eigenvalue weighted by Crippen LogP contribution is -2.59. The average Bonchev–Trinajstić information content (AvgIpc) is 3.76. The molecule has 1 heterocycles. The van der Waals surface area contributed by atoms with Gasteiger partial charge in [-0.3, -0.25) is 47.9 Å². The first-order valence-electron chi connectivity index (χ1n) is 22.6. The van der Waals surface area contributed by atoms with Gasteiger partial charge in [0.2, 0.25) is 53.2 Å². The predicted octanol–water partition coefficient (Wildman–Crippen LogP) is -5.64. The molecule has 1 aromatic heterocycles. The molecule has 9 amide bonds. The number of carboxylic acid groups (broad SMARTS) is 2. The number of H-pyrrole nitrogens is 1. The Morgan fingerprint density at radius 3 is 1.69 bits per heavy atom. The van der Waals surface area contributed by atoms with Crippen molar-refractivity contribution in [2.75, 3.05) is 32.8 Å². The van der Waals surface area contributed by atoms with Crippen molar-refractivity contribution in [2.45, 2.75) is 93.7 Å². The zero-order valence-corrected chi connectivity index (χ0v) is 39.0. The maximum absolute atomic E-state index is 13.7. The minimum absolute atomic E-state index is 0.137. The van der Waals surface area contributed by atoms with Crippen LogP contribution >= 0.6 is 0 Å². The van der Waals surface area contributed by atoms with E-state index in [1.54, 1.807) is 60.8 Å². The minimum Gasteiger partial charge on any atom is -0.481 e. The molecule has 0 bridgehead atoms. The topological polar surface area (TPSA) is 459 Å². The molecule has 19 N–H and O–H groups in total. The second-order valence-electron chi connectivity index (χ2n) is 16.4. The van der Waals surface area contributed by atoms with Gasteiger partial charge in [0, 0.05) is 36.4 Å². The van der Waals surface area contributed by atoms with Gasteiger partial charge in [-0.2, -0.15) is 0 Å². The number of aliphatic hydroxyl groups is 2. The van der Waals surface area contributed by atoms with Gasteiger partial charge in [0.25, 0.3) is 0 Å². The van der Waals surface area contributed by atoms with Crippen molar-refractivity contribution < 1.29 is 73.2 Å². The van der Waals surface area contributed by atoms with Gasteiger partial charge >= 0.3 is 11.9 Å². The smallest absolute Gasteiger partial charge is 0.326 e. The van der Waals surface area contributed by atoms with E-state index in [-0.39, 0.29) is 12.8 Å². The number of rotatable bonds is 32. The van der Waals surface area contributed by atoms with Crippen molar-refractivity contribution >= 4 is 76.0 Å². The summed E-state index contributed by atoms with van der Waals surface area (Å²) in [6.45, 7) is -3.26. The number of amides is 9. The number of carbonyl (C=O) groups excluding carboxylic acids is 9. The number of carbonyl (C=O) groups is 11. The van der Waals surface area contributed by atoms with Crippen LogP contribution in [-0.2, 0) is 65.6 Å². The Morgan fingerprint density at radius 1 is 0.569 bits per heavy atom. The fraction of sp³-hybridized carbons (Fsp3) is 0.444. The van der Waals surface area contributed by atoms with Crippen LogP contribution in [-0.4, -0.2) is 166 Å². The van der Waals surface area contributed by atoms with Gasteiger partial charge in [-0.25, -0.2) is 4.79 Å². The lowest BCUT2D eigenvalue weighted by atomic mass is 10.0. The number of nitrogens with one attached hydrogen (secondary N) is 9. The van der Waals surface area contributed by atoms with E-state index in [1.165, 1.54) is 0 Å². The molecule has 0 radical (unpaired) electrons. The molecule has 0 aliphatic carbocycles. The Balaban J connectivity index is 1.66. The van der Waals surface area contributed by atoms with Crippen molar-refractivity contribution in [3.8, 4) is 0 Å². The molecule has 392 valence electrons. The van der Waals surface area contributed by atoms with Crippen LogP contribution in [0.15, 0.2) is 60.8 Å². The first-order valence-corrected chi connectivity index (χ1v) is 22.6. The molecule has 0 unspecified atom stereocenters. The highest BCUT2D eigenvalue weighted by Gasteiger charge is 2.33. The van der Waals surface area contributed by atoms with Crippen LogP contribution in [0.2, 0.25) is 0 Å². The number of aromatic nitrogens is 1. The van der Waals surface area contributed by atoms with E-state index >= 15 is 0 Å². The fourth-order valence-electron chi connectivity index (χ4n) is 6.92. The summed E-state index contributed by atoms with van der Waals surface area (Å²) < 4.78 is 0. The van der Waals surface area contributed by atoms with Crippen LogP contribution in [0, 0.1) is 0 Å². The highest BCUT2D eigenvalue weighted by atomic mass is 16.4. The zero-order chi connectivity index (χ0) is 53.3. The van der Waals surface area contributed by atoms with Gasteiger partial charge in [-0.15, -0.1) is 0 Å². The lowest BCUT2D eigenvalue weighted by molar-refractivity contribution is -0.143. The van der Waals surface area contributed by atoms with E-state index in [0.717, 1.165) is 0 Å². The van der Waals surface area contributed by atoms with Crippen molar-refractivity contribution in [2.24, 2.45) is 17.2 Å². The van der Waals surface area contributed by atoms with Gasteiger partial charge in [-0.1, -0.05) is 55.0 Å². The molecule has 27 heteroatoms. The van der Waals surface area contributed by atoms with Gasteiger partial charge in [0.05, 0.1) is 38.8 Å². The first kappa shape index (κ1) is 58.3. The van der Waals surface area contributed by atoms with E-state index in [9.17, 15) is 73.2 Å². The van der Waals surface area contributed by atoms with Gasteiger partial charge < -0.3 is 85.1 Å². The van der Waals surface area contributed by atoms with Crippen molar-refractivity contribution in [3.63, 3.8) is 0 Å². The molecule has 0 aliphatic heterocycles. The molecule has 72 heavy (non-hydrogen) atoms. The van der Waals surface area contributed by atoms with Crippen LogP contribution < -0.4 is 59.7 Å². The SMILES string of the molecule is NCCCC[C@H](N)C(=O)NCC(=O)N[C@@H](Cc1c[nH]c2ccccc12)C(=O)N[C@@H](CO)C(=O)NCC(=O)N[C@@H](CC(N)=O)C(=O)N[C@@H](CO)C(=O)N[C@@H](CCC(=O)O)C(=O)N[C@@H](Cc1ccccc1)C(=O)O. The predicted molar refractivity (Wildman–Crippen MR) is 253 cm³/mol. The summed E-state index contributed by atoms with van der Waals surface area (Å²) in [4.78, 5) is 144. The van der Waals surface area contributed by atoms with Gasteiger partial charge in [0.15, 0.2) is 0 Å². The van der Waals surface area contributed by atoms with Crippen LogP contribution in [0.5, 0.6) is 0 Å². The van der Waals surface area contributed by atoms with Crippen LogP contribution in [0.3, 0.4) is 0 Å². The van der Waals surface area contributed by atoms with Crippen LogP contribution in [0.4, 0.5) is 0 Å². The molecule has 3 aromatic rings. The molecule has 2 aromatic carbocycles. The molecule has 0 fully saturated rings. The van der Waals surface area contributed by atoms with Gasteiger partial charge in [0.1, 0.15) is 36.3 Å². The van der Waals surface area contributed by atoms with Gasteiger partial charge in [-0.05, 0) is 43.0 Å². The molecule has 0 saturated heterocycles. The Morgan fingerprint density at radius 2 is 1.10 bits per heavy atom. The number of fused-ring (bicyclic) bond motifs is 1. The minimum atomic E-state index is -1.91. The number of nitrogens with two attached hydrogens (primary N) is 3. The molecule has 27 nitrogen and oxygen atoms in total. The summed E-state index contributed by atoms with van der Waals surface area (Å²) >= 11 is 0. The van der Waals surface area contributed by atoms with Crippen molar-refractivity contribution in [1.82, 2.24) is 47.5 Å². The Bertz CT molecular complexity index is 2380. The zero-order valence-electron chi connectivity index (χ0n) is 39.0. The lowest BCUT2D eigenvalue weighted by Gasteiger charge is -2.25. The number of unbranched alkanes of at least 4 members (excludes halogenated alkanes) is 1. The summed E-state index contributed by atoms with van der Waals surface area (Å²) in [5.74, 6) is -12.3. The monoisotopic (exact) mass is 1010 g/mol. The normalized spacial score (nSPS) is 13.8. The third-order valence-electron chi connectivity index (χ3n) is 10.8. The highest BCUT2D eigenvalue weighted by Crippen LogP contribution is 2.19. The standard InChI is InChI=1S/C45H62N12O15/c46-15-7-6-11-27(47)39(65)50-20-36(61)52-30(17-25-19-49-28-12-5-4-10-26(25)28)42(68)56-33(22-58)40(66)51-21-37(62)53-31(18-35(48)60)43(69)57-34(23-59)44(70)54-29(13-14-38(63)64)41(67)55-32(45(71)72)16-24-8-2-1-3-9-24/h1-5,8-10,12,19,27,29-34,49,58-59H,6-7,11,13-18,20-23,46-47H2,(H2,48,60)(H,50,65)(H,51,66)(H,52,61)(H,53,62)(H,54,70)(H,55,67)(H,56,68)(H,57,69)(H,63,64)(H,71,72)/t27-,29-,30-,31-,32-,33-,34-/m0/s1. The number of hydrogen-bond donors (Lipinski definition) is 16. The summed E-state index contributed by atoms with van der Waals surface area (Å²) in [5.41, 5.74) is 18.5. The molecular weight excluding hydrogens is 949 g/mol. The number of hydrogen-bond acceptors (Lipinski definition) is 15. The van der Waals surface area contributed by atoms with Crippen LogP contribution in [0.25, 0.3) is 10.9 Å². The number of primary amides is 1. The number of aliphatic hydroxyl groups excluding tert-OH is 2. The van der Waals surface area contributed by atoms with Crippen molar-refractivity contribution in [3.05, 3.63) is 71.9 Å². The Kier molecular flexibility index (Phi) is 24.2. The second kappa shape index (κ2) is 29.9. The Labute approximate surface area is 411 Å².